The van der Waals surface area contributed by atoms with Crippen molar-refractivity contribution >= 4 is 8.32 Å². The molecule has 33 heavy (non-hydrogen) atoms. The Balaban J connectivity index is 3.22. The Morgan fingerprint density at radius 1 is 1.03 bits per heavy atom. The first-order valence-electron chi connectivity index (χ1n) is 12.0. The highest BCUT2D eigenvalue weighted by Gasteiger charge is 2.43. The molecule has 0 spiro atoms. The van der Waals surface area contributed by atoms with Crippen molar-refractivity contribution in [1.82, 2.24) is 0 Å². The number of allylic oxidation sites excluding steroid dienone is 3. The molecule has 0 radical (unpaired) electrons. The minimum Gasteiger partial charge on any atom is -0.497 e. The molecule has 5 heteroatoms. The van der Waals surface area contributed by atoms with Crippen LogP contribution in [0.3, 0.4) is 0 Å². The number of ether oxygens (including phenoxy) is 2. The number of rotatable bonds is 12. The second kappa shape index (κ2) is 13.1. The summed E-state index contributed by atoms with van der Waals surface area (Å²) >= 11 is 0. The van der Waals surface area contributed by atoms with Gasteiger partial charge in [0.25, 0.3) is 0 Å². The molecule has 0 N–H and O–H groups in total. The molecule has 0 amide bonds. The van der Waals surface area contributed by atoms with Crippen LogP contribution in [0.5, 0.6) is 5.75 Å². The van der Waals surface area contributed by atoms with Crippen molar-refractivity contribution in [1.29, 1.82) is 5.26 Å². The lowest BCUT2D eigenvalue weighted by Crippen LogP contribution is -2.50. The third-order valence-corrected chi connectivity index (χ3v) is 11.3. The molecule has 4 nitrogen and oxygen atoms in total. The fourth-order valence-corrected chi connectivity index (χ4v) is 5.05. The van der Waals surface area contributed by atoms with Gasteiger partial charge in [-0.15, -0.1) is 0 Å². The zero-order chi connectivity index (χ0) is 25.2. The Labute approximate surface area is 203 Å². The van der Waals surface area contributed by atoms with Gasteiger partial charge in [0.2, 0.25) is 0 Å². The van der Waals surface area contributed by atoms with Crippen molar-refractivity contribution < 1.29 is 13.9 Å². The summed E-state index contributed by atoms with van der Waals surface area (Å²) in [5.74, 6) is 0.799. The Kier molecular flexibility index (Phi) is 11.6. The van der Waals surface area contributed by atoms with Gasteiger partial charge in [0.05, 0.1) is 37.9 Å². The maximum absolute atomic E-state index is 9.81. The average molecular weight is 472 g/mol. The maximum atomic E-state index is 9.81. The average Bonchev–Trinajstić information content (AvgIpc) is 2.76. The van der Waals surface area contributed by atoms with E-state index in [1.165, 1.54) is 0 Å². The van der Waals surface area contributed by atoms with Crippen molar-refractivity contribution in [3.05, 3.63) is 54.1 Å². The molecule has 0 aliphatic rings. The van der Waals surface area contributed by atoms with Crippen molar-refractivity contribution in [3.63, 3.8) is 0 Å². The zero-order valence-corrected chi connectivity index (χ0v) is 23.4. The first kappa shape index (κ1) is 29.2. The quantitative estimate of drug-likeness (QED) is 0.233. The van der Waals surface area contributed by atoms with E-state index in [2.05, 4.69) is 65.9 Å². The molecule has 0 bridgehead atoms. The molecule has 0 heterocycles. The lowest BCUT2D eigenvalue weighted by atomic mass is 9.84. The molecule has 0 aliphatic heterocycles. The van der Waals surface area contributed by atoms with Crippen LogP contribution in [0.25, 0.3) is 0 Å². The topological polar surface area (TPSA) is 51.5 Å². The van der Waals surface area contributed by atoms with E-state index >= 15 is 0 Å². The molecule has 0 saturated carbocycles. The first-order chi connectivity index (χ1) is 15.4. The van der Waals surface area contributed by atoms with E-state index < -0.39 is 8.32 Å². The predicted molar refractivity (Wildman–Crippen MR) is 141 cm³/mol. The molecule has 184 valence electrons. The van der Waals surface area contributed by atoms with Crippen LogP contribution in [0.4, 0.5) is 0 Å². The van der Waals surface area contributed by atoms with E-state index in [-0.39, 0.29) is 35.0 Å². The van der Waals surface area contributed by atoms with Gasteiger partial charge in [-0.2, -0.15) is 5.26 Å². The van der Waals surface area contributed by atoms with Crippen LogP contribution in [-0.2, 0) is 15.8 Å². The smallest absolute Gasteiger partial charge is 0.192 e. The molecular formula is C28H45NO3Si. The van der Waals surface area contributed by atoms with Gasteiger partial charge in [-0.1, -0.05) is 71.1 Å². The summed E-state index contributed by atoms with van der Waals surface area (Å²) in [5, 5.41) is 9.88. The maximum Gasteiger partial charge on any atom is 0.192 e. The fourth-order valence-electron chi connectivity index (χ4n) is 3.60. The van der Waals surface area contributed by atoms with Gasteiger partial charge in [-0.3, -0.25) is 0 Å². The molecular weight excluding hydrogens is 426 g/mol. The van der Waals surface area contributed by atoms with Crippen LogP contribution in [0.2, 0.25) is 18.1 Å². The largest absolute Gasteiger partial charge is 0.497 e. The summed E-state index contributed by atoms with van der Waals surface area (Å²) in [4.78, 5) is 0. The minimum atomic E-state index is -2.07. The molecule has 1 aromatic carbocycles. The van der Waals surface area contributed by atoms with Crippen LogP contribution < -0.4 is 4.74 Å². The van der Waals surface area contributed by atoms with Crippen molar-refractivity contribution in [2.75, 3.05) is 7.11 Å². The van der Waals surface area contributed by atoms with Gasteiger partial charge >= 0.3 is 0 Å². The molecule has 1 aromatic rings. The molecule has 0 aliphatic carbocycles. The summed E-state index contributed by atoms with van der Waals surface area (Å²) in [7, 11) is -0.401. The van der Waals surface area contributed by atoms with E-state index in [0.29, 0.717) is 6.61 Å². The molecule has 5 atom stereocenters. The predicted octanol–water partition coefficient (Wildman–Crippen LogP) is 7.53. The second-order valence-corrected chi connectivity index (χ2v) is 15.3. The summed E-state index contributed by atoms with van der Waals surface area (Å²) < 4.78 is 18.6. The SMILES string of the molecule is CC=C/C=C\[C@H](C)[C@H](OCc1ccc(OC)cc1)C(C)C(O[Si](C)(C)C(C)(C)C)[C@@H](C)C#N. The molecule has 2 unspecified atom stereocenters. The molecule has 0 saturated heterocycles. The van der Waals surface area contributed by atoms with Gasteiger partial charge in [-0.25, -0.2) is 0 Å². The normalized spacial score (nSPS) is 17.5. The number of hydrogen-bond acceptors (Lipinski definition) is 4. The Morgan fingerprint density at radius 2 is 1.64 bits per heavy atom. The molecule has 0 fully saturated rings. The fraction of sp³-hybridized carbons (Fsp3) is 0.607. The summed E-state index contributed by atoms with van der Waals surface area (Å²) in [6.45, 7) is 20.0. The molecule has 1 rings (SSSR count). The van der Waals surface area contributed by atoms with E-state index in [1.807, 2.05) is 50.3 Å². The number of benzene rings is 1. The zero-order valence-electron chi connectivity index (χ0n) is 22.4. The van der Waals surface area contributed by atoms with Gasteiger partial charge in [0.15, 0.2) is 8.32 Å². The monoisotopic (exact) mass is 471 g/mol. The highest BCUT2D eigenvalue weighted by molar-refractivity contribution is 6.74. The van der Waals surface area contributed by atoms with Gasteiger partial charge in [-0.05, 0) is 49.7 Å². The standard InChI is InChI=1S/C28H45NO3Si/c1-11-12-13-14-21(2)26(31-20-24-15-17-25(30-8)18-16-24)23(4)27(22(3)19-29)32-33(9,10)28(5,6)7/h11-18,21-23,26-27H,20H2,1-10H3/b12-11?,14-13-/t21-,22-,23?,26-,27?/m0/s1. The summed E-state index contributed by atoms with van der Waals surface area (Å²) in [6, 6.07) is 10.4. The summed E-state index contributed by atoms with van der Waals surface area (Å²) in [5.41, 5.74) is 1.09. The number of hydrogen-bond donors (Lipinski definition) is 0. The second-order valence-electron chi connectivity index (χ2n) is 10.5. The highest BCUT2D eigenvalue weighted by atomic mass is 28.4. The summed E-state index contributed by atoms with van der Waals surface area (Å²) in [6.07, 6.45) is 7.99. The number of methoxy groups -OCH3 is 1. The molecule has 0 aromatic heterocycles. The van der Waals surface area contributed by atoms with E-state index in [1.54, 1.807) is 7.11 Å². The van der Waals surface area contributed by atoms with Crippen molar-refractivity contribution in [3.8, 4) is 11.8 Å². The van der Waals surface area contributed by atoms with Gasteiger partial charge in [0, 0.05) is 11.8 Å². The van der Waals surface area contributed by atoms with Gasteiger partial charge in [0.1, 0.15) is 5.75 Å². The van der Waals surface area contributed by atoms with E-state index in [9.17, 15) is 5.26 Å². The number of nitrogens with zero attached hydrogens (tertiary/aromatic N) is 1. The van der Waals surface area contributed by atoms with Crippen LogP contribution >= 0.6 is 0 Å². The third-order valence-electron chi connectivity index (χ3n) is 6.81. The van der Waals surface area contributed by atoms with Crippen LogP contribution in [0.15, 0.2) is 48.6 Å². The van der Waals surface area contributed by atoms with Crippen molar-refractivity contribution in [2.24, 2.45) is 17.8 Å². The van der Waals surface area contributed by atoms with Crippen molar-refractivity contribution in [2.45, 2.75) is 85.4 Å². The first-order valence-corrected chi connectivity index (χ1v) is 14.9. The Morgan fingerprint density at radius 3 is 2.12 bits per heavy atom. The van der Waals surface area contributed by atoms with Crippen LogP contribution in [-0.4, -0.2) is 27.6 Å². The van der Waals surface area contributed by atoms with E-state index in [0.717, 1.165) is 11.3 Å². The van der Waals surface area contributed by atoms with Gasteiger partial charge < -0.3 is 13.9 Å². The third kappa shape index (κ3) is 8.77. The Hall–Kier alpha value is -1.87. The number of nitriles is 1. The Bertz CT molecular complexity index is 802. The van der Waals surface area contributed by atoms with Crippen LogP contribution in [0, 0.1) is 29.1 Å². The lowest BCUT2D eigenvalue weighted by molar-refractivity contribution is -0.0593. The minimum absolute atomic E-state index is 0.0391. The van der Waals surface area contributed by atoms with Crippen LogP contribution in [0.1, 0.15) is 54.0 Å². The lowest BCUT2D eigenvalue weighted by Gasteiger charge is -2.43. The highest BCUT2D eigenvalue weighted by Crippen LogP contribution is 2.40. The van der Waals surface area contributed by atoms with E-state index in [4.69, 9.17) is 13.9 Å².